The van der Waals surface area contributed by atoms with E-state index in [1.807, 2.05) is 13.1 Å². The number of likely N-dealkylation sites (tertiary alicyclic amines) is 1. The van der Waals surface area contributed by atoms with Crippen LogP contribution in [0.2, 0.25) is 0 Å². The van der Waals surface area contributed by atoms with Gasteiger partial charge in [-0.1, -0.05) is 6.07 Å². The monoisotopic (exact) mass is 473 g/mol. The molecule has 0 radical (unpaired) electrons. The maximum atomic E-state index is 13.0. The van der Waals surface area contributed by atoms with Gasteiger partial charge in [0.05, 0.1) is 17.1 Å². The van der Waals surface area contributed by atoms with Crippen LogP contribution in [0.3, 0.4) is 0 Å². The molecule has 9 heteroatoms. The highest BCUT2D eigenvalue weighted by molar-refractivity contribution is 5.92. The first kappa shape index (κ1) is 22.9. The number of piperidine rings is 1. The van der Waals surface area contributed by atoms with Gasteiger partial charge in [0.25, 0.3) is 17.3 Å². The quantitative estimate of drug-likeness (QED) is 0.560. The summed E-state index contributed by atoms with van der Waals surface area (Å²) in [6, 6.07) is 14.5. The molecule has 35 heavy (non-hydrogen) atoms. The fraction of sp³-hybridized carbons (Fsp3) is 0.385. The predicted octanol–water partition coefficient (Wildman–Crippen LogP) is 2.28. The maximum Gasteiger partial charge on any atom is 0.272 e. The minimum absolute atomic E-state index is 0.0697. The summed E-state index contributed by atoms with van der Waals surface area (Å²) in [4.78, 5) is 34.0. The number of hydrogen-bond donors (Lipinski definition) is 0. The van der Waals surface area contributed by atoms with Gasteiger partial charge in [0, 0.05) is 45.3 Å². The topological polar surface area (TPSA) is 101 Å². The molecule has 2 aliphatic heterocycles. The van der Waals surface area contributed by atoms with Crippen molar-refractivity contribution >= 4 is 16.8 Å². The molecule has 0 atom stereocenters. The molecule has 0 N–H and O–H groups in total. The molecule has 0 aliphatic carbocycles. The number of rotatable bonds is 5. The first-order valence-corrected chi connectivity index (χ1v) is 11.8. The molecule has 1 saturated heterocycles. The number of hydrogen-bond acceptors (Lipinski definition) is 7. The van der Waals surface area contributed by atoms with E-state index in [-0.39, 0.29) is 17.5 Å². The van der Waals surface area contributed by atoms with Gasteiger partial charge in [-0.2, -0.15) is 5.26 Å². The van der Waals surface area contributed by atoms with E-state index in [1.54, 1.807) is 45.9 Å². The Hall–Kier alpha value is -3.90. The van der Waals surface area contributed by atoms with Gasteiger partial charge in [-0.15, -0.1) is 0 Å². The molecule has 1 amide bonds. The van der Waals surface area contributed by atoms with Crippen LogP contribution < -0.4 is 15.0 Å². The Morgan fingerprint density at radius 3 is 2.69 bits per heavy atom. The molecule has 2 aromatic heterocycles. The molecule has 0 bridgehead atoms. The van der Waals surface area contributed by atoms with Crippen LogP contribution in [0.25, 0.3) is 10.9 Å². The van der Waals surface area contributed by atoms with Gasteiger partial charge < -0.3 is 23.8 Å². The van der Waals surface area contributed by atoms with Crippen molar-refractivity contribution in [1.82, 2.24) is 19.4 Å². The molecule has 0 unspecified atom stereocenters. The van der Waals surface area contributed by atoms with E-state index in [1.165, 1.54) is 0 Å². The first-order chi connectivity index (χ1) is 17.0. The highest BCUT2D eigenvalue weighted by Gasteiger charge is 2.27. The number of pyridine rings is 2. The molecule has 0 saturated carbocycles. The largest absolute Gasteiger partial charge is 0.484 e. The van der Waals surface area contributed by atoms with Gasteiger partial charge in [-0.3, -0.25) is 9.59 Å². The molecule has 5 rings (SSSR count). The summed E-state index contributed by atoms with van der Waals surface area (Å²) >= 11 is 0. The van der Waals surface area contributed by atoms with Gasteiger partial charge in [-0.25, -0.2) is 4.98 Å². The Balaban J connectivity index is 1.20. The van der Waals surface area contributed by atoms with Crippen LogP contribution in [0.4, 0.5) is 0 Å². The molecular formula is C26H27N5O4. The minimum Gasteiger partial charge on any atom is -0.484 e. The smallest absolute Gasteiger partial charge is 0.272 e. The van der Waals surface area contributed by atoms with Crippen molar-refractivity contribution in [1.29, 1.82) is 5.26 Å². The number of fused-ring (bicyclic) bond motifs is 2. The Morgan fingerprint density at radius 1 is 1.11 bits per heavy atom. The molecule has 4 heterocycles. The lowest BCUT2D eigenvalue weighted by molar-refractivity contribution is 0.0631. The Kier molecular flexibility index (Phi) is 6.38. The molecule has 180 valence electrons. The van der Waals surface area contributed by atoms with E-state index in [2.05, 4.69) is 16.0 Å². The first-order valence-electron chi connectivity index (χ1n) is 11.8. The average molecular weight is 474 g/mol. The predicted molar refractivity (Wildman–Crippen MR) is 130 cm³/mol. The Bertz CT molecular complexity index is 1350. The van der Waals surface area contributed by atoms with Gasteiger partial charge in [0.2, 0.25) is 0 Å². The van der Waals surface area contributed by atoms with Crippen LogP contribution in [0.1, 0.15) is 28.9 Å². The molecule has 3 aromatic rings. The standard InChI is InChI=1S/C26H27N5O4/c1-29(26(33)21-5-6-23-25(28-21)35-15-14-34-23)20-8-10-30(11-9-20)12-13-31-22-16-18(17-27)2-3-19(22)4-7-24(31)32/h2-7,16,20H,8-15H2,1H3. The number of aromatic nitrogens is 2. The summed E-state index contributed by atoms with van der Waals surface area (Å²) < 4.78 is 12.7. The third-order valence-electron chi connectivity index (χ3n) is 6.81. The third kappa shape index (κ3) is 4.70. The van der Waals surface area contributed by atoms with E-state index in [0.717, 1.165) is 43.4 Å². The van der Waals surface area contributed by atoms with Gasteiger partial charge in [-0.05, 0) is 48.6 Å². The number of amides is 1. The lowest BCUT2D eigenvalue weighted by Crippen LogP contribution is -2.46. The zero-order chi connectivity index (χ0) is 24.4. The van der Waals surface area contributed by atoms with Crippen molar-refractivity contribution in [3.8, 4) is 17.7 Å². The second-order valence-electron chi connectivity index (χ2n) is 8.89. The van der Waals surface area contributed by atoms with Crippen molar-refractivity contribution < 1.29 is 14.3 Å². The summed E-state index contributed by atoms with van der Waals surface area (Å²) in [5, 5.41) is 10.2. The summed E-state index contributed by atoms with van der Waals surface area (Å²) in [5.41, 5.74) is 1.60. The Labute approximate surface area is 203 Å². The van der Waals surface area contributed by atoms with Crippen LogP contribution in [-0.4, -0.2) is 71.2 Å². The number of nitriles is 1. The molecule has 1 fully saturated rings. The van der Waals surface area contributed by atoms with Crippen LogP contribution in [-0.2, 0) is 6.54 Å². The van der Waals surface area contributed by atoms with Crippen molar-refractivity contribution in [3.05, 3.63) is 64.1 Å². The van der Waals surface area contributed by atoms with E-state index in [9.17, 15) is 14.9 Å². The van der Waals surface area contributed by atoms with Crippen LogP contribution in [0.15, 0.2) is 47.3 Å². The molecule has 1 aromatic carbocycles. The third-order valence-corrected chi connectivity index (χ3v) is 6.81. The van der Waals surface area contributed by atoms with E-state index < -0.39 is 0 Å². The maximum absolute atomic E-state index is 13.0. The van der Waals surface area contributed by atoms with Crippen LogP contribution >= 0.6 is 0 Å². The molecule has 2 aliphatic rings. The van der Waals surface area contributed by atoms with E-state index in [4.69, 9.17) is 9.47 Å². The zero-order valence-corrected chi connectivity index (χ0v) is 19.6. The SMILES string of the molecule is CN(C(=O)c1ccc2c(n1)OCCO2)C1CCN(CCn2c(=O)ccc3ccc(C#N)cc32)CC1. The van der Waals surface area contributed by atoms with E-state index >= 15 is 0 Å². The van der Waals surface area contributed by atoms with Crippen LogP contribution in [0.5, 0.6) is 11.6 Å². The van der Waals surface area contributed by atoms with Crippen molar-refractivity contribution in [2.24, 2.45) is 0 Å². The van der Waals surface area contributed by atoms with E-state index in [0.29, 0.717) is 42.6 Å². The normalized spacial score (nSPS) is 16.1. The lowest BCUT2D eigenvalue weighted by Gasteiger charge is -2.36. The number of carbonyl (C=O) groups excluding carboxylic acids is 1. The summed E-state index contributed by atoms with van der Waals surface area (Å²) in [6.45, 7) is 3.85. The van der Waals surface area contributed by atoms with Crippen molar-refractivity contribution in [2.45, 2.75) is 25.4 Å². The lowest BCUT2D eigenvalue weighted by atomic mass is 10.0. The molecular weight excluding hydrogens is 446 g/mol. The highest BCUT2D eigenvalue weighted by Crippen LogP contribution is 2.28. The van der Waals surface area contributed by atoms with Crippen molar-refractivity contribution in [2.75, 3.05) is 39.9 Å². The summed E-state index contributed by atoms with van der Waals surface area (Å²) in [5.74, 6) is 0.810. The average Bonchev–Trinajstić information content (AvgIpc) is 2.91. The Morgan fingerprint density at radius 2 is 1.89 bits per heavy atom. The highest BCUT2D eigenvalue weighted by atomic mass is 16.6. The van der Waals surface area contributed by atoms with Gasteiger partial charge in [0.15, 0.2) is 5.75 Å². The molecule has 0 spiro atoms. The zero-order valence-electron chi connectivity index (χ0n) is 19.6. The minimum atomic E-state index is -0.129. The van der Waals surface area contributed by atoms with Crippen molar-refractivity contribution in [3.63, 3.8) is 0 Å². The van der Waals surface area contributed by atoms with Gasteiger partial charge >= 0.3 is 0 Å². The summed E-state index contributed by atoms with van der Waals surface area (Å²) in [6.07, 6.45) is 1.69. The number of carbonyl (C=O) groups is 1. The number of nitrogens with zero attached hydrogens (tertiary/aromatic N) is 5. The number of benzene rings is 1. The fourth-order valence-electron chi connectivity index (χ4n) is 4.76. The second kappa shape index (κ2) is 9.76. The van der Waals surface area contributed by atoms with Gasteiger partial charge in [0.1, 0.15) is 18.9 Å². The number of ether oxygens (including phenoxy) is 2. The second-order valence-corrected chi connectivity index (χ2v) is 8.89. The molecule has 9 nitrogen and oxygen atoms in total. The summed E-state index contributed by atoms with van der Waals surface area (Å²) in [7, 11) is 1.82. The van der Waals surface area contributed by atoms with Crippen LogP contribution in [0, 0.1) is 11.3 Å². The fourth-order valence-corrected chi connectivity index (χ4v) is 4.76.